The van der Waals surface area contributed by atoms with Crippen LogP contribution < -0.4 is 4.74 Å². The van der Waals surface area contributed by atoms with E-state index in [0.29, 0.717) is 22.4 Å². The Morgan fingerprint density at radius 1 is 1.17 bits per heavy atom. The summed E-state index contributed by atoms with van der Waals surface area (Å²) in [4.78, 5) is 18.6. The molecule has 1 saturated heterocycles. The summed E-state index contributed by atoms with van der Waals surface area (Å²) in [5, 5.41) is 0.709. The average Bonchev–Trinajstić information content (AvgIpc) is 3.19. The Labute approximate surface area is 146 Å². The highest BCUT2D eigenvalue weighted by molar-refractivity contribution is 6.30. The molecule has 0 unspecified atom stereocenters. The molecule has 3 atom stereocenters. The largest absolute Gasteiger partial charge is 0.490 e. The number of hydrogen-bond acceptors (Lipinski definition) is 3. The molecule has 1 aromatic heterocycles. The quantitative estimate of drug-likeness (QED) is 0.854. The predicted octanol–water partition coefficient (Wildman–Crippen LogP) is 3.66. The number of fused-ring (bicyclic) bond motifs is 1. The number of amides is 1. The lowest BCUT2D eigenvalue weighted by Gasteiger charge is -2.22. The van der Waals surface area contributed by atoms with E-state index in [1.165, 1.54) is 0 Å². The lowest BCUT2D eigenvalue weighted by Crippen LogP contribution is -2.32. The Bertz CT molecular complexity index is 720. The smallest absolute Gasteiger partial charge is 0.255 e. The predicted molar refractivity (Wildman–Crippen MR) is 92.2 cm³/mol. The molecule has 0 N–H and O–H groups in total. The first kappa shape index (κ1) is 15.5. The number of aromatic nitrogens is 1. The van der Waals surface area contributed by atoms with Crippen molar-refractivity contribution >= 4 is 17.5 Å². The van der Waals surface area contributed by atoms with Gasteiger partial charge in [0, 0.05) is 36.4 Å². The summed E-state index contributed by atoms with van der Waals surface area (Å²) in [6, 6.07) is 11.1. The van der Waals surface area contributed by atoms with E-state index in [1.807, 2.05) is 35.2 Å². The van der Waals surface area contributed by atoms with E-state index in [9.17, 15) is 4.79 Å². The molecule has 1 amide bonds. The number of carbonyl (C=O) groups excluding carboxylic acids is 1. The standard InChI is InChI=1S/C19H19ClN2O2/c20-15-4-6-16(7-5-15)24-18-8-3-14-11-22(12-17(14)18)19(23)13-2-1-9-21-10-13/h1-2,4-7,9-10,14,17-18H,3,8,11-12H2/t14-,17+,18-/m0/s1. The molecule has 2 heterocycles. The van der Waals surface area contributed by atoms with Crippen LogP contribution in [0.5, 0.6) is 5.75 Å². The van der Waals surface area contributed by atoms with Crippen molar-refractivity contribution in [3.8, 4) is 5.75 Å². The topological polar surface area (TPSA) is 42.4 Å². The van der Waals surface area contributed by atoms with E-state index in [-0.39, 0.29) is 12.0 Å². The Morgan fingerprint density at radius 2 is 2.00 bits per heavy atom. The molecule has 0 radical (unpaired) electrons. The van der Waals surface area contributed by atoms with E-state index < -0.39 is 0 Å². The van der Waals surface area contributed by atoms with Gasteiger partial charge < -0.3 is 9.64 Å². The van der Waals surface area contributed by atoms with Gasteiger partial charge in [0.2, 0.25) is 0 Å². The third kappa shape index (κ3) is 2.98. The fraction of sp³-hybridized carbons (Fsp3) is 0.368. The van der Waals surface area contributed by atoms with Gasteiger partial charge in [-0.25, -0.2) is 0 Å². The fourth-order valence-corrected chi connectivity index (χ4v) is 4.01. The number of nitrogens with zero attached hydrogens (tertiary/aromatic N) is 2. The maximum absolute atomic E-state index is 12.6. The Hall–Kier alpha value is -2.07. The van der Waals surface area contributed by atoms with E-state index in [1.54, 1.807) is 18.5 Å². The van der Waals surface area contributed by atoms with Crippen LogP contribution >= 0.6 is 11.6 Å². The number of pyridine rings is 1. The number of benzene rings is 1. The van der Waals surface area contributed by atoms with Crippen molar-refractivity contribution in [2.45, 2.75) is 18.9 Å². The Kier molecular flexibility index (Phi) is 4.15. The summed E-state index contributed by atoms with van der Waals surface area (Å²) in [7, 11) is 0. The molecule has 4 nitrogen and oxygen atoms in total. The highest BCUT2D eigenvalue weighted by Crippen LogP contribution is 2.40. The van der Waals surface area contributed by atoms with Crippen LogP contribution in [0.25, 0.3) is 0 Å². The second-order valence-electron chi connectivity index (χ2n) is 6.56. The van der Waals surface area contributed by atoms with Gasteiger partial charge in [0.15, 0.2) is 0 Å². The number of rotatable bonds is 3. The third-order valence-electron chi connectivity index (χ3n) is 5.09. The number of carbonyl (C=O) groups is 1. The Morgan fingerprint density at radius 3 is 2.75 bits per heavy atom. The molecule has 1 aliphatic carbocycles. The van der Waals surface area contributed by atoms with Crippen LogP contribution in [0.3, 0.4) is 0 Å². The molecule has 1 aliphatic heterocycles. The van der Waals surface area contributed by atoms with Crippen molar-refractivity contribution in [3.63, 3.8) is 0 Å². The number of halogens is 1. The molecule has 1 saturated carbocycles. The van der Waals surface area contributed by atoms with E-state index in [4.69, 9.17) is 16.3 Å². The summed E-state index contributed by atoms with van der Waals surface area (Å²) < 4.78 is 6.17. The van der Waals surface area contributed by atoms with Gasteiger partial charge in [0.05, 0.1) is 5.56 Å². The van der Waals surface area contributed by atoms with Crippen LogP contribution in [0.1, 0.15) is 23.2 Å². The van der Waals surface area contributed by atoms with Gasteiger partial charge in [-0.15, -0.1) is 0 Å². The molecule has 1 aromatic carbocycles. The number of hydrogen-bond donors (Lipinski definition) is 0. The lowest BCUT2D eigenvalue weighted by atomic mass is 9.99. The zero-order valence-electron chi connectivity index (χ0n) is 13.3. The second kappa shape index (κ2) is 6.44. The zero-order chi connectivity index (χ0) is 16.5. The SMILES string of the molecule is O=C(c1cccnc1)N1C[C@@H]2CC[C@H](Oc3ccc(Cl)cc3)[C@@H]2C1. The first-order chi connectivity index (χ1) is 11.7. The normalized spacial score (nSPS) is 25.5. The molecule has 2 fully saturated rings. The van der Waals surface area contributed by atoms with Crippen molar-refractivity contribution in [1.82, 2.24) is 9.88 Å². The molecule has 0 spiro atoms. The van der Waals surface area contributed by atoms with Crippen LogP contribution in [-0.2, 0) is 0 Å². The van der Waals surface area contributed by atoms with E-state index >= 15 is 0 Å². The average molecular weight is 343 g/mol. The van der Waals surface area contributed by atoms with Gasteiger partial charge in [0.1, 0.15) is 11.9 Å². The minimum absolute atomic E-state index is 0.0720. The molecule has 0 bridgehead atoms. The van der Waals surface area contributed by atoms with Gasteiger partial charge in [-0.1, -0.05) is 11.6 Å². The minimum Gasteiger partial charge on any atom is -0.490 e. The molecule has 5 heteroatoms. The van der Waals surface area contributed by atoms with E-state index in [2.05, 4.69) is 4.98 Å². The maximum Gasteiger partial charge on any atom is 0.255 e. The molecule has 2 aliphatic rings. The van der Waals surface area contributed by atoms with Gasteiger partial charge >= 0.3 is 0 Å². The third-order valence-corrected chi connectivity index (χ3v) is 5.34. The molecule has 24 heavy (non-hydrogen) atoms. The van der Waals surface area contributed by atoms with Gasteiger partial charge in [-0.3, -0.25) is 9.78 Å². The summed E-state index contributed by atoms with van der Waals surface area (Å²) in [6.45, 7) is 1.58. The minimum atomic E-state index is 0.0720. The lowest BCUT2D eigenvalue weighted by molar-refractivity contribution is 0.0762. The highest BCUT2D eigenvalue weighted by atomic mass is 35.5. The highest BCUT2D eigenvalue weighted by Gasteiger charge is 2.45. The van der Waals surface area contributed by atoms with Crippen molar-refractivity contribution in [3.05, 3.63) is 59.4 Å². The Balaban J connectivity index is 1.43. The second-order valence-corrected chi connectivity index (χ2v) is 7.00. The molecular weight excluding hydrogens is 324 g/mol. The number of likely N-dealkylation sites (tertiary alicyclic amines) is 1. The molecule has 4 rings (SSSR count). The van der Waals surface area contributed by atoms with Crippen molar-refractivity contribution in [1.29, 1.82) is 0 Å². The first-order valence-electron chi connectivity index (χ1n) is 8.32. The summed E-state index contributed by atoms with van der Waals surface area (Å²) in [6.07, 6.45) is 5.65. The van der Waals surface area contributed by atoms with Crippen LogP contribution in [0.2, 0.25) is 5.02 Å². The summed E-state index contributed by atoms with van der Waals surface area (Å²) >= 11 is 5.92. The summed E-state index contributed by atoms with van der Waals surface area (Å²) in [5.41, 5.74) is 0.660. The number of ether oxygens (including phenoxy) is 1. The van der Waals surface area contributed by atoms with Crippen molar-refractivity contribution < 1.29 is 9.53 Å². The van der Waals surface area contributed by atoms with Crippen LogP contribution in [-0.4, -0.2) is 35.0 Å². The first-order valence-corrected chi connectivity index (χ1v) is 8.70. The van der Waals surface area contributed by atoms with Gasteiger partial charge in [-0.2, -0.15) is 0 Å². The fourth-order valence-electron chi connectivity index (χ4n) is 3.89. The molecule has 2 aromatic rings. The molecular formula is C19H19ClN2O2. The summed E-state index contributed by atoms with van der Waals surface area (Å²) in [5.74, 6) is 1.86. The van der Waals surface area contributed by atoms with Gasteiger partial charge in [0.25, 0.3) is 5.91 Å². The van der Waals surface area contributed by atoms with Gasteiger partial charge in [-0.05, 0) is 55.2 Å². The van der Waals surface area contributed by atoms with Crippen molar-refractivity contribution in [2.24, 2.45) is 11.8 Å². The van der Waals surface area contributed by atoms with E-state index in [0.717, 1.165) is 31.7 Å². The van der Waals surface area contributed by atoms with Crippen LogP contribution in [0.4, 0.5) is 0 Å². The van der Waals surface area contributed by atoms with Crippen molar-refractivity contribution in [2.75, 3.05) is 13.1 Å². The van der Waals surface area contributed by atoms with Crippen LogP contribution in [0.15, 0.2) is 48.8 Å². The zero-order valence-corrected chi connectivity index (χ0v) is 14.0. The molecule has 124 valence electrons. The monoisotopic (exact) mass is 342 g/mol. The maximum atomic E-state index is 12.6. The van der Waals surface area contributed by atoms with Crippen LogP contribution in [0, 0.1) is 11.8 Å².